The molecule has 0 saturated heterocycles. The number of anilines is 1. The molecule has 0 bridgehead atoms. The number of carbonyl (C=O) groups is 1. The average molecular weight is 336 g/mol. The molecule has 0 fully saturated rings. The van der Waals surface area contributed by atoms with E-state index in [2.05, 4.69) is 22.4 Å². The summed E-state index contributed by atoms with van der Waals surface area (Å²) in [6, 6.07) is 13.3. The van der Waals surface area contributed by atoms with Gasteiger partial charge in [-0.2, -0.15) is 5.10 Å². The van der Waals surface area contributed by atoms with Crippen LogP contribution in [0.25, 0.3) is 10.8 Å². The Morgan fingerprint density at radius 1 is 1.16 bits per heavy atom. The van der Waals surface area contributed by atoms with Crippen molar-refractivity contribution in [2.24, 2.45) is 0 Å². The van der Waals surface area contributed by atoms with Gasteiger partial charge in [-0.05, 0) is 24.6 Å². The smallest absolute Gasteiger partial charge is 0.257 e. The van der Waals surface area contributed by atoms with Crippen molar-refractivity contribution in [3.8, 4) is 5.75 Å². The average Bonchev–Trinajstić information content (AvgIpc) is 3.01. The van der Waals surface area contributed by atoms with Crippen molar-refractivity contribution in [1.82, 2.24) is 14.7 Å². The van der Waals surface area contributed by atoms with Gasteiger partial charge < -0.3 is 10.1 Å². The number of rotatable bonds is 3. The summed E-state index contributed by atoms with van der Waals surface area (Å²) in [6.07, 6.45) is 0. The van der Waals surface area contributed by atoms with Gasteiger partial charge in [0.05, 0.1) is 19.3 Å². The van der Waals surface area contributed by atoms with Gasteiger partial charge in [-0.15, -0.1) is 0 Å². The molecule has 0 spiro atoms. The summed E-state index contributed by atoms with van der Waals surface area (Å²) in [5.74, 6) is 1.19. The Hall–Kier alpha value is -2.86. The molecule has 1 aliphatic heterocycles. The number of nitrogens with zero attached hydrogens (tertiary/aromatic N) is 3. The van der Waals surface area contributed by atoms with E-state index in [1.54, 1.807) is 13.2 Å². The second kappa shape index (κ2) is 6.22. The summed E-state index contributed by atoms with van der Waals surface area (Å²) in [7, 11) is 3.71. The van der Waals surface area contributed by atoms with E-state index in [1.165, 1.54) is 0 Å². The molecule has 0 unspecified atom stereocenters. The zero-order valence-electron chi connectivity index (χ0n) is 14.3. The molecule has 1 amide bonds. The topological polar surface area (TPSA) is 59.4 Å². The minimum absolute atomic E-state index is 0.164. The van der Waals surface area contributed by atoms with Crippen molar-refractivity contribution in [3.63, 3.8) is 0 Å². The number of ether oxygens (including phenoxy) is 1. The maximum absolute atomic E-state index is 12.8. The van der Waals surface area contributed by atoms with E-state index >= 15 is 0 Å². The number of carbonyl (C=O) groups excluding carboxylic acids is 1. The molecule has 6 nitrogen and oxygen atoms in total. The molecule has 1 aliphatic rings. The van der Waals surface area contributed by atoms with Gasteiger partial charge in [0.15, 0.2) is 5.82 Å². The lowest BCUT2D eigenvalue weighted by Crippen LogP contribution is -2.30. The molecule has 128 valence electrons. The summed E-state index contributed by atoms with van der Waals surface area (Å²) in [4.78, 5) is 15.0. The number of amides is 1. The van der Waals surface area contributed by atoms with Crippen LogP contribution in [0.15, 0.2) is 42.5 Å². The third-order valence-electron chi connectivity index (χ3n) is 4.58. The van der Waals surface area contributed by atoms with Gasteiger partial charge in [-0.1, -0.05) is 24.3 Å². The van der Waals surface area contributed by atoms with Crippen molar-refractivity contribution >= 4 is 22.5 Å². The van der Waals surface area contributed by atoms with Gasteiger partial charge in [0.25, 0.3) is 5.91 Å². The van der Waals surface area contributed by atoms with Gasteiger partial charge in [0.1, 0.15) is 5.75 Å². The predicted molar refractivity (Wildman–Crippen MR) is 97.0 cm³/mol. The highest BCUT2D eigenvalue weighted by Gasteiger charge is 2.18. The van der Waals surface area contributed by atoms with Crippen LogP contribution in [0.3, 0.4) is 0 Å². The summed E-state index contributed by atoms with van der Waals surface area (Å²) < 4.78 is 7.35. The summed E-state index contributed by atoms with van der Waals surface area (Å²) in [6.45, 7) is 2.65. The Morgan fingerprint density at radius 2 is 1.96 bits per heavy atom. The van der Waals surface area contributed by atoms with Crippen molar-refractivity contribution in [3.05, 3.63) is 53.7 Å². The minimum atomic E-state index is -0.164. The Balaban J connectivity index is 1.65. The van der Waals surface area contributed by atoms with Crippen molar-refractivity contribution in [2.75, 3.05) is 26.0 Å². The third kappa shape index (κ3) is 2.85. The monoisotopic (exact) mass is 336 g/mol. The zero-order valence-corrected chi connectivity index (χ0v) is 14.3. The summed E-state index contributed by atoms with van der Waals surface area (Å²) in [5.41, 5.74) is 1.73. The fourth-order valence-corrected chi connectivity index (χ4v) is 3.29. The molecule has 0 radical (unpaired) electrons. The first kappa shape index (κ1) is 15.7. The van der Waals surface area contributed by atoms with Gasteiger partial charge in [-0.3, -0.25) is 14.4 Å². The standard InChI is InChI=1S/C19H20N4O2/c1-22-9-10-23-13(12-22)11-18(21-23)20-19(24)16-7-8-17(25-2)15-6-4-3-5-14(15)16/h3-8,11H,9-10,12H2,1-2H3,(H,20,21,24). The van der Waals surface area contributed by atoms with Gasteiger partial charge in [0, 0.05) is 30.1 Å². The fraction of sp³-hybridized carbons (Fsp3) is 0.263. The second-order valence-electron chi connectivity index (χ2n) is 6.30. The lowest BCUT2D eigenvalue weighted by Gasteiger charge is -2.22. The van der Waals surface area contributed by atoms with Crippen molar-refractivity contribution < 1.29 is 9.53 Å². The van der Waals surface area contributed by atoms with E-state index in [1.807, 2.05) is 41.1 Å². The van der Waals surface area contributed by atoms with Crippen LogP contribution in [0.1, 0.15) is 16.1 Å². The van der Waals surface area contributed by atoms with Crippen LogP contribution in [0, 0.1) is 0 Å². The molecule has 6 heteroatoms. The first-order valence-electron chi connectivity index (χ1n) is 8.28. The van der Waals surface area contributed by atoms with Crippen molar-refractivity contribution in [1.29, 1.82) is 0 Å². The first-order chi connectivity index (χ1) is 12.2. The number of hydrogen-bond donors (Lipinski definition) is 1. The van der Waals surface area contributed by atoms with Crippen LogP contribution in [0.4, 0.5) is 5.82 Å². The minimum Gasteiger partial charge on any atom is -0.496 e. The number of hydrogen-bond acceptors (Lipinski definition) is 4. The summed E-state index contributed by atoms with van der Waals surface area (Å²) in [5, 5.41) is 9.21. The van der Waals surface area contributed by atoms with Gasteiger partial charge in [-0.25, -0.2) is 0 Å². The van der Waals surface area contributed by atoms with E-state index in [-0.39, 0.29) is 5.91 Å². The Labute approximate surface area is 146 Å². The number of likely N-dealkylation sites (N-methyl/N-ethyl adjacent to an activating group) is 1. The zero-order chi connectivity index (χ0) is 17.4. The Bertz CT molecular complexity index is 948. The molecule has 4 rings (SSSR count). The highest BCUT2D eigenvalue weighted by molar-refractivity contribution is 6.13. The molecular weight excluding hydrogens is 316 g/mol. The highest BCUT2D eigenvalue weighted by atomic mass is 16.5. The van der Waals surface area contributed by atoms with Gasteiger partial charge >= 0.3 is 0 Å². The number of fused-ring (bicyclic) bond motifs is 2. The molecule has 1 aromatic heterocycles. The molecule has 0 atom stereocenters. The number of nitrogens with one attached hydrogen (secondary N) is 1. The van der Waals surface area contributed by atoms with Crippen LogP contribution >= 0.6 is 0 Å². The maximum atomic E-state index is 12.8. The molecule has 2 heterocycles. The quantitative estimate of drug-likeness (QED) is 0.799. The third-order valence-corrected chi connectivity index (χ3v) is 4.58. The second-order valence-corrected chi connectivity index (χ2v) is 6.30. The normalized spacial score (nSPS) is 14.3. The lowest BCUT2D eigenvalue weighted by molar-refractivity contribution is 0.102. The number of benzene rings is 2. The van der Waals surface area contributed by atoms with E-state index in [0.29, 0.717) is 11.4 Å². The van der Waals surface area contributed by atoms with E-state index in [4.69, 9.17) is 4.74 Å². The van der Waals surface area contributed by atoms with Crippen LogP contribution in [0.2, 0.25) is 0 Å². The van der Waals surface area contributed by atoms with E-state index in [9.17, 15) is 4.79 Å². The largest absolute Gasteiger partial charge is 0.496 e. The molecular formula is C19H20N4O2. The predicted octanol–water partition coefficient (Wildman–Crippen LogP) is 2.74. The highest BCUT2D eigenvalue weighted by Crippen LogP contribution is 2.29. The Morgan fingerprint density at radius 3 is 2.76 bits per heavy atom. The number of aromatic nitrogens is 2. The fourth-order valence-electron chi connectivity index (χ4n) is 3.29. The lowest BCUT2D eigenvalue weighted by atomic mass is 10.0. The molecule has 3 aromatic rings. The number of methoxy groups -OCH3 is 1. The van der Waals surface area contributed by atoms with Crippen LogP contribution < -0.4 is 10.1 Å². The van der Waals surface area contributed by atoms with Gasteiger partial charge in [0.2, 0.25) is 0 Å². The molecule has 0 aliphatic carbocycles. The first-order valence-corrected chi connectivity index (χ1v) is 8.28. The molecule has 1 N–H and O–H groups in total. The maximum Gasteiger partial charge on any atom is 0.257 e. The Kier molecular flexibility index (Phi) is 3.89. The van der Waals surface area contributed by atoms with Crippen LogP contribution in [-0.4, -0.2) is 41.3 Å². The summed E-state index contributed by atoms with van der Waals surface area (Å²) >= 11 is 0. The van der Waals surface area contributed by atoms with Crippen molar-refractivity contribution in [2.45, 2.75) is 13.1 Å². The van der Waals surface area contributed by atoms with Crippen LogP contribution in [0.5, 0.6) is 5.75 Å². The SMILES string of the molecule is COc1ccc(C(=O)Nc2cc3n(n2)CCN(C)C3)c2ccccc12. The molecule has 2 aromatic carbocycles. The van der Waals surface area contributed by atoms with E-state index in [0.717, 1.165) is 41.9 Å². The van der Waals surface area contributed by atoms with Crippen LogP contribution in [-0.2, 0) is 13.1 Å². The molecule has 25 heavy (non-hydrogen) atoms. The van der Waals surface area contributed by atoms with E-state index < -0.39 is 0 Å². The molecule has 0 saturated carbocycles.